The molecule has 2 unspecified atom stereocenters. The molecule has 0 heterocycles. The van der Waals surface area contributed by atoms with Gasteiger partial charge in [-0.25, -0.2) is 4.79 Å². The Morgan fingerprint density at radius 1 is 0.970 bits per heavy atom. The summed E-state index contributed by atoms with van der Waals surface area (Å²) in [5.74, 6) is 1.82. The smallest absolute Gasteiger partial charge is 0.408 e. The van der Waals surface area contributed by atoms with Crippen LogP contribution in [0.2, 0.25) is 0 Å². The summed E-state index contributed by atoms with van der Waals surface area (Å²) >= 11 is 0. The molecule has 0 aromatic heterocycles. The van der Waals surface area contributed by atoms with Crippen molar-refractivity contribution in [3.8, 4) is 12.3 Å². The Hall–Kier alpha value is -3.01. The highest BCUT2D eigenvalue weighted by Gasteiger charge is 2.41. The van der Waals surface area contributed by atoms with Crippen molar-refractivity contribution in [3.05, 3.63) is 35.4 Å². The third-order valence-corrected chi connectivity index (χ3v) is 4.46. The molecule has 1 aromatic carbocycles. The Morgan fingerprint density at radius 3 is 1.88 bits per heavy atom. The predicted octanol–water partition coefficient (Wildman–Crippen LogP) is 4.16. The van der Waals surface area contributed by atoms with Crippen LogP contribution >= 0.6 is 0 Å². The summed E-state index contributed by atoms with van der Waals surface area (Å²) in [5, 5.41) is 5.57. The van der Waals surface area contributed by atoms with Gasteiger partial charge in [0, 0.05) is 16.6 Å². The van der Waals surface area contributed by atoms with Gasteiger partial charge in [0.2, 0.25) is 11.8 Å². The topological polar surface area (TPSA) is 87.7 Å². The van der Waals surface area contributed by atoms with Gasteiger partial charge >= 0.3 is 6.09 Å². The first kappa shape index (κ1) is 28.0. The van der Waals surface area contributed by atoms with E-state index in [2.05, 4.69) is 16.6 Å². The molecule has 7 nitrogen and oxygen atoms in total. The molecule has 2 atom stereocenters. The first-order chi connectivity index (χ1) is 14.9. The van der Waals surface area contributed by atoms with Gasteiger partial charge in [0.1, 0.15) is 17.7 Å². The molecule has 1 aromatic rings. The van der Waals surface area contributed by atoms with Gasteiger partial charge in [-0.3, -0.25) is 9.59 Å². The van der Waals surface area contributed by atoms with Crippen molar-refractivity contribution in [2.75, 3.05) is 0 Å². The molecule has 7 heteroatoms. The molecule has 0 spiro atoms. The third kappa shape index (κ3) is 8.80. The maximum absolute atomic E-state index is 13.6. The number of carbonyl (C=O) groups is 3. The zero-order chi connectivity index (χ0) is 25.8. The van der Waals surface area contributed by atoms with E-state index >= 15 is 0 Å². The second-order valence-corrected chi connectivity index (χ2v) is 11.2. The molecule has 0 aliphatic carbocycles. The van der Waals surface area contributed by atoms with E-state index in [1.54, 1.807) is 52.0 Å². The maximum atomic E-state index is 13.6. The van der Waals surface area contributed by atoms with Crippen LogP contribution in [0.5, 0.6) is 0 Å². The molecule has 1 rings (SSSR count). The van der Waals surface area contributed by atoms with Crippen molar-refractivity contribution in [2.45, 2.75) is 98.0 Å². The van der Waals surface area contributed by atoms with E-state index in [1.807, 2.05) is 41.5 Å². The first-order valence-corrected chi connectivity index (χ1v) is 11.1. The minimum Gasteiger partial charge on any atom is -0.444 e. The summed E-state index contributed by atoms with van der Waals surface area (Å²) in [6, 6.07) is 5.11. The van der Waals surface area contributed by atoms with Crippen molar-refractivity contribution in [3.63, 3.8) is 0 Å². The number of hydrogen-bond acceptors (Lipinski definition) is 4. The van der Waals surface area contributed by atoms with Crippen LogP contribution < -0.4 is 10.6 Å². The predicted molar refractivity (Wildman–Crippen MR) is 130 cm³/mol. The zero-order valence-corrected chi connectivity index (χ0v) is 21.6. The van der Waals surface area contributed by atoms with Gasteiger partial charge in [0.05, 0.1) is 0 Å². The van der Waals surface area contributed by atoms with Crippen LogP contribution in [0, 0.1) is 12.3 Å². The lowest BCUT2D eigenvalue weighted by Crippen LogP contribution is -2.59. The lowest BCUT2D eigenvalue weighted by atomic mass is 9.94. The Kier molecular flexibility index (Phi) is 8.73. The summed E-state index contributed by atoms with van der Waals surface area (Å²) in [5.41, 5.74) is -0.678. The standard InChI is InChI=1S/C26H39N3O4/c1-12-18-13-15-19(16-14-18)20(21(30)28-24(3,4)5)29(25(6,7)8)22(31)17(2)27-23(32)33-26(9,10)11/h1,13-17,20H,2-11H3,(H,27,32)(H,28,30). The fourth-order valence-electron chi connectivity index (χ4n) is 3.22. The fraction of sp³-hybridized carbons (Fsp3) is 0.577. The molecule has 0 fully saturated rings. The molecule has 0 aliphatic rings. The molecule has 0 saturated carbocycles. The Labute approximate surface area is 198 Å². The monoisotopic (exact) mass is 457 g/mol. The van der Waals surface area contributed by atoms with Gasteiger partial charge in [0.25, 0.3) is 0 Å². The minimum absolute atomic E-state index is 0.330. The first-order valence-electron chi connectivity index (χ1n) is 11.1. The number of rotatable bonds is 5. The van der Waals surface area contributed by atoms with Gasteiger partial charge in [-0.1, -0.05) is 18.1 Å². The Bertz CT molecular complexity index is 894. The van der Waals surface area contributed by atoms with Gasteiger partial charge in [-0.15, -0.1) is 6.42 Å². The quantitative estimate of drug-likeness (QED) is 0.650. The van der Waals surface area contributed by atoms with Crippen LogP contribution in [0.25, 0.3) is 0 Å². The highest BCUT2D eigenvalue weighted by atomic mass is 16.6. The van der Waals surface area contributed by atoms with E-state index in [0.29, 0.717) is 11.1 Å². The number of benzene rings is 1. The average Bonchev–Trinajstić information content (AvgIpc) is 2.61. The lowest BCUT2D eigenvalue weighted by molar-refractivity contribution is -0.148. The summed E-state index contributed by atoms with van der Waals surface area (Å²) < 4.78 is 5.29. The number of nitrogens with one attached hydrogen (secondary N) is 2. The summed E-state index contributed by atoms with van der Waals surface area (Å²) in [6.45, 7) is 18.0. The normalized spacial score (nSPS) is 13.8. The average molecular weight is 458 g/mol. The highest BCUT2D eigenvalue weighted by molar-refractivity contribution is 5.92. The van der Waals surface area contributed by atoms with Crippen molar-refractivity contribution in [2.24, 2.45) is 0 Å². The van der Waals surface area contributed by atoms with Crippen LogP contribution in [0.15, 0.2) is 24.3 Å². The van der Waals surface area contributed by atoms with E-state index in [0.717, 1.165) is 0 Å². The Balaban J connectivity index is 3.45. The highest BCUT2D eigenvalue weighted by Crippen LogP contribution is 2.30. The second-order valence-electron chi connectivity index (χ2n) is 11.2. The molecule has 0 aliphatic heterocycles. The summed E-state index contributed by atoms with van der Waals surface area (Å²) in [6.07, 6.45) is 4.78. The van der Waals surface area contributed by atoms with Crippen molar-refractivity contribution in [1.29, 1.82) is 0 Å². The number of amides is 3. The van der Waals surface area contributed by atoms with Crippen LogP contribution in [0.1, 0.15) is 86.4 Å². The van der Waals surface area contributed by atoms with E-state index in [4.69, 9.17) is 11.2 Å². The second kappa shape index (κ2) is 10.3. The molecule has 0 radical (unpaired) electrons. The molecule has 3 amide bonds. The number of carbonyl (C=O) groups excluding carboxylic acids is 3. The molecule has 33 heavy (non-hydrogen) atoms. The van der Waals surface area contributed by atoms with Crippen molar-refractivity contribution in [1.82, 2.24) is 15.5 Å². The van der Waals surface area contributed by atoms with Crippen LogP contribution in [-0.2, 0) is 14.3 Å². The largest absolute Gasteiger partial charge is 0.444 e. The number of nitrogens with zero attached hydrogens (tertiary/aromatic N) is 1. The van der Waals surface area contributed by atoms with Crippen molar-refractivity contribution >= 4 is 17.9 Å². The molecular formula is C26H39N3O4. The Morgan fingerprint density at radius 2 is 1.48 bits per heavy atom. The maximum Gasteiger partial charge on any atom is 0.408 e. The molecular weight excluding hydrogens is 418 g/mol. The van der Waals surface area contributed by atoms with Gasteiger partial charge < -0.3 is 20.3 Å². The van der Waals surface area contributed by atoms with Gasteiger partial charge in [0.15, 0.2) is 0 Å². The number of terminal acetylenes is 1. The van der Waals surface area contributed by atoms with Gasteiger partial charge in [-0.05, 0) is 86.9 Å². The SMILES string of the molecule is C#Cc1ccc(C(C(=O)NC(C)(C)C)N(C(=O)C(C)NC(=O)OC(C)(C)C)C(C)(C)C)cc1. The van der Waals surface area contributed by atoms with E-state index in [1.165, 1.54) is 4.90 Å². The molecule has 0 bridgehead atoms. The third-order valence-electron chi connectivity index (χ3n) is 4.46. The van der Waals surface area contributed by atoms with Crippen LogP contribution in [-0.4, -0.2) is 45.5 Å². The van der Waals surface area contributed by atoms with E-state index < -0.39 is 40.8 Å². The summed E-state index contributed by atoms with van der Waals surface area (Å²) in [7, 11) is 0. The van der Waals surface area contributed by atoms with Crippen LogP contribution in [0.4, 0.5) is 4.79 Å². The number of alkyl carbamates (subject to hydrolysis) is 1. The fourth-order valence-corrected chi connectivity index (χ4v) is 3.22. The van der Waals surface area contributed by atoms with Crippen molar-refractivity contribution < 1.29 is 19.1 Å². The minimum atomic E-state index is -0.938. The number of hydrogen-bond donors (Lipinski definition) is 2. The number of ether oxygens (including phenoxy) is 1. The van der Waals surface area contributed by atoms with Gasteiger partial charge in [-0.2, -0.15) is 0 Å². The zero-order valence-electron chi connectivity index (χ0n) is 21.6. The lowest BCUT2D eigenvalue weighted by Gasteiger charge is -2.43. The van der Waals surface area contributed by atoms with E-state index in [9.17, 15) is 14.4 Å². The van der Waals surface area contributed by atoms with E-state index in [-0.39, 0.29) is 5.91 Å². The molecule has 2 N–H and O–H groups in total. The molecule has 182 valence electrons. The summed E-state index contributed by atoms with van der Waals surface area (Å²) in [4.78, 5) is 40.9. The van der Waals surface area contributed by atoms with Crippen LogP contribution in [0.3, 0.4) is 0 Å². The molecule has 0 saturated heterocycles.